The Morgan fingerprint density at radius 2 is 2.22 bits per heavy atom. The Morgan fingerprint density at radius 3 is 2.83 bits per heavy atom. The molecule has 0 bridgehead atoms. The Hall–Kier alpha value is -0.920. The monoisotopic (exact) mass is 271 g/mol. The standard InChI is InChI=1S/C11H17N3O3S/c1-7-11(4-12-13-7)18(16,17)14-5-8-2-3-10(15)9(8)6-14/h4,8-10,15H,2-3,5-6H2,1H3,(H,12,13). The molecule has 100 valence electrons. The first kappa shape index (κ1) is 12.1. The number of aryl methyl sites for hydroxylation is 1. The maximum absolute atomic E-state index is 12.4. The topological polar surface area (TPSA) is 86.3 Å². The molecule has 18 heavy (non-hydrogen) atoms. The maximum atomic E-state index is 12.4. The van der Waals surface area contributed by atoms with Gasteiger partial charge >= 0.3 is 0 Å². The van der Waals surface area contributed by atoms with Gasteiger partial charge in [0.25, 0.3) is 0 Å². The van der Waals surface area contributed by atoms with E-state index in [2.05, 4.69) is 10.2 Å². The van der Waals surface area contributed by atoms with Gasteiger partial charge in [-0.2, -0.15) is 9.40 Å². The first-order valence-electron chi connectivity index (χ1n) is 6.18. The normalized spacial score (nSPS) is 32.9. The highest BCUT2D eigenvalue weighted by atomic mass is 32.2. The molecule has 0 spiro atoms. The minimum atomic E-state index is -3.46. The van der Waals surface area contributed by atoms with E-state index in [9.17, 15) is 13.5 Å². The molecular formula is C11H17N3O3S. The molecule has 3 atom stereocenters. The third-order valence-electron chi connectivity index (χ3n) is 4.19. The molecule has 1 aromatic rings. The fourth-order valence-corrected chi connectivity index (χ4v) is 4.78. The van der Waals surface area contributed by atoms with Crippen LogP contribution in [0.3, 0.4) is 0 Å². The molecule has 1 saturated carbocycles. The van der Waals surface area contributed by atoms with Crippen LogP contribution < -0.4 is 0 Å². The van der Waals surface area contributed by atoms with Gasteiger partial charge in [0.1, 0.15) is 4.90 Å². The molecule has 1 aliphatic carbocycles. The largest absolute Gasteiger partial charge is 0.393 e. The number of nitrogens with zero attached hydrogens (tertiary/aromatic N) is 2. The molecule has 0 radical (unpaired) electrons. The van der Waals surface area contributed by atoms with Gasteiger partial charge in [-0.05, 0) is 25.7 Å². The number of H-pyrrole nitrogens is 1. The Kier molecular flexibility index (Phi) is 2.72. The second-order valence-corrected chi connectivity index (χ2v) is 7.16. The summed E-state index contributed by atoms with van der Waals surface area (Å²) in [6, 6.07) is 0. The summed E-state index contributed by atoms with van der Waals surface area (Å²) >= 11 is 0. The minimum absolute atomic E-state index is 0.104. The van der Waals surface area contributed by atoms with Crippen molar-refractivity contribution in [1.29, 1.82) is 0 Å². The average Bonchev–Trinajstić information content (AvgIpc) is 2.96. The van der Waals surface area contributed by atoms with Gasteiger partial charge in [-0.15, -0.1) is 0 Å². The first-order valence-corrected chi connectivity index (χ1v) is 7.62. The molecule has 1 saturated heterocycles. The summed E-state index contributed by atoms with van der Waals surface area (Å²) in [6.45, 7) is 2.65. The highest BCUT2D eigenvalue weighted by molar-refractivity contribution is 7.89. The van der Waals surface area contributed by atoms with Crippen LogP contribution >= 0.6 is 0 Å². The number of aliphatic hydroxyl groups excluding tert-OH is 1. The van der Waals surface area contributed by atoms with E-state index in [1.54, 1.807) is 6.92 Å². The van der Waals surface area contributed by atoms with E-state index in [1.807, 2.05) is 0 Å². The van der Waals surface area contributed by atoms with Crippen molar-refractivity contribution in [2.24, 2.45) is 11.8 Å². The van der Waals surface area contributed by atoms with Gasteiger partial charge in [0, 0.05) is 19.0 Å². The first-order chi connectivity index (χ1) is 8.50. The van der Waals surface area contributed by atoms with E-state index in [0.29, 0.717) is 24.7 Å². The lowest BCUT2D eigenvalue weighted by Crippen LogP contribution is -2.31. The number of rotatable bonds is 2. The second-order valence-electron chi connectivity index (χ2n) is 5.25. The highest BCUT2D eigenvalue weighted by Crippen LogP contribution is 2.40. The summed E-state index contributed by atoms with van der Waals surface area (Å²) in [5.41, 5.74) is 0.563. The molecule has 2 fully saturated rings. The third-order valence-corrected chi connectivity index (χ3v) is 6.13. The van der Waals surface area contributed by atoms with Crippen molar-refractivity contribution in [3.63, 3.8) is 0 Å². The summed E-state index contributed by atoms with van der Waals surface area (Å²) < 4.78 is 26.4. The van der Waals surface area contributed by atoms with E-state index in [1.165, 1.54) is 10.5 Å². The molecule has 2 aliphatic rings. The van der Waals surface area contributed by atoms with Crippen LogP contribution in [-0.4, -0.2) is 47.2 Å². The Balaban J connectivity index is 1.87. The third kappa shape index (κ3) is 1.69. The van der Waals surface area contributed by atoms with Crippen LogP contribution in [0.2, 0.25) is 0 Å². The number of nitrogens with one attached hydrogen (secondary N) is 1. The van der Waals surface area contributed by atoms with Crippen LogP contribution in [0.1, 0.15) is 18.5 Å². The van der Waals surface area contributed by atoms with Crippen LogP contribution in [0.15, 0.2) is 11.1 Å². The number of fused-ring (bicyclic) bond motifs is 1. The Bertz CT molecular complexity index is 554. The van der Waals surface area contributed by atoms with Crippen molar-refractivity contribution in [1.82, 2.24) is 14.5 Å². The molecule has 1 aliphatic heterocycles. The van der Waals surface area contributed by atoms with Crippen LogP contribution in [-0.2, 0) is 10.0 Å². The molecule has 2 heterocycles. The molecule has 3 unspecified atom stereocenters. The predicted octanol–water partition coefficient (Wildman–Crippen LogP) is 0.110. The number of aromatic amines is 1. The van der Waals surface area contributed by atoms with Crippen molar-refractivity contribution in [2.45, 2.75) is 30.8 Å². The number of sulfonamides is 1. The van der Waals surface area contributed by atoms with Crippen molar-refractivity contribution >= 4 is 10.0 Å². The van der Waals surface area contributed by atoms with E-state index in [4.69, 9.17) is 0 Å². The minimum Gasteiger partial charge on any atom is -0.393 e. The molecule has 6 nitrogen and oxygen atoms in total. The fourth-order valence-electron chi connectivity index (χ4n) is 3.13. The summed E-state index contributed by atoms with van der Waals surface area (Å²) in [5.74, 6) is 0.411. The molecule has 0 amide bonds. The van der Waals surface area contributed by atoms with Crippen molar-refractivity contribution in [2.75, 3.05) is 13.1 Å². The summed E-state index contributed by atoms with van der Waals surface area (Å²) in [6.07, 6.45) is 2.73. The summed E-state index contributed by atoms with van der Waals surface area (Å²) in [5, 5.41) is 16.2. The molecule has 7 heteroatoms. The number of aliphatic hydroxyl groups is 1. The number of aromatic nitrogens is 2. The van der Waals surface area contributed by atoms with E-state index in [-0.39, 0.29) is 16.9 Å². The Labute approximate surface area is 106 Å². The van der Waals surface area contributed by atoms with Crippen LogP contribution in [0.25, 0.3) is 0 Å². The lowest BCUT2D eigenvalue weighted by atomic mass is 10.00. The number of hydrogen-bond donors (Lipinski definition) is 2. The van der Waals surface area contributed by atoms with Gasteiger partial charge in [-0.3, -0.25) is 5.10 Å². The molecule has 0 aromatic carbocycles. The predicted molar refractivity (Wildman–Crippen MR) is 64.3 cm³/mol. The number of hydrogen-bond acceptors (Lipinski definition) is 4. The lowest BCUT2D eigenvalue weighted by Gasteiger charge is -2.17. The zero-order valence-corrected chi connectivity index (χ0v) is 11.0. The van der Waals surface area contributed by atoms with Gasteiger partial charge < -0.3 is 5.11 Å². The Morgan fingerprint density at radius 1 is 1.44 bits per heavy atom. The van der Waals surface area contributed by atoms with Gasteiger partial charge in [0.15, 0.2) is 0 Å². The van der Waals surface area contributed by atoms with Gasteiger partial charge in [-0.1, -0.05) is 0 Å². The quantitative estimate of drug-likeness (QED) is 0.799. The van der Waals surface area contributed by atoms with E-state index < -0.39 is 10.0 Å². The van der Waals surface area contributed by atoms with Gasteiger partial charge in [0.2, 0.25) is 10.0 Å². The smallest absolute Gasteiger partial charge is 0.246 e. The van der Waals surface area contributed by atoms with E-state index in [0.717, 1.165) is 12.8 Å². The highest BCUT2D eigenvalue weighted by Gasteiger charge is 2.46. The lowest BCUT2D eigenvalue weighted by molar-refractivity contribution is 0.129. The van der Waals surface area contributed by atoms with Crippen LogP contribution in [0, 0.1) is 18.8 Å². The maximum Gasteiger partial charge on any atom is 0.246 e. The zero-order chi connectivity index (χ0) is 12.9. The van der Waals surface area contributed by atoms with Crippen molar-refractivity contribution in [3.05, 3.63) is 11.9 Å². The van der Waals surface area contributed by atoms with Crippen molar-refractivity contribution in [3.8, 4) is 0 Å². The summed E-state index contributed by atoms with van der Waals surface area (Å²) in [7, 11) is -3.46. The average molecular weight is 271 g/mol. The fraction of sp³-hybridized carbons (Fsp3) is 0.727. The van der Waals surface area contributed by atoms with Crippen molar-refractivity contribution < 1.29 is 13.5 Å². The van der Waals surface area contributed by atoms with Gasteiger partial charge in [-0.25, -0.2) is 8.42 Å². The molecule has 1 aromatic heterocycles. The molecule has 2 N–H and O–H groups in total. The molecular weight excluding hydrogens is 254 g/mol. The SMILES string of the molecule is Cc1[nH]ncc1S(=O)(=O)N1CC2CCC(O)C2C1. The zero-order valence-electron chi connectivity index (χ0n) is 10.2. The summed E-state index contributed by atoms with van der Waals surface area (Å²) in [4.78, 5) is 0.247. The van der Waals surface area contributed by atoms with E-state index >= 15 is 0 Å². The van der Waals surface area contributed by atoms with Crippen LogP contribution in [0.5, 0.6) is 0 Å². The van der Waals surface area contributed by atoms with Crippen LogP contribution in [0.4, 0.5) is 0 Å². The molecule has 3 rings (SSSR count). The van der Waals surface area contributed by atoms with Gasteiger partial charge in [0.05, 0.1) is 18.0 Å². The second kappa shape index (κ2) is 4.04.